The Balaban J connectivity index is 2.13. The summed E-state index contributed by atoms with van der Waals surface area (Å²) >= 11 is 0. The van der Waals surface area contributed by atoms with Crippen molar-refractivity contribution >= 4 is 10.0 Å². The van der Waals surface area contributed by atoms with E-state index in [0.717, 1.165) is 5.56 Å². The van der Waals surface area contributed by atoms with Gasteiger partial charge in [0.15, 0.2) is 5.03 Å². The zero-order valence-corrected chi connectivity index (χ0v) is 10.2. The Kier molecular flexibility index (Phi) is 3.70. The van der Waals surface area contributed by atoms with Crippen molar-refractivity contribution in [3.05, 3.63) is 41.9 Å². The highest BCUT2D eigenvalue weighted by atomic mass is 32.2. The zero-order chi connectivity index (χ0) is 13.0. The molecule has 2 heterocycles. The minimum Gasteiger partial charge on any atom is -0.392 e. The third-order valence-electron chi connectivity index (χ3n) is 2.33. The fourth-order valence-corrected chi connectivity index (χ4v) is 2.53. The van der Waals surface area contributed by atoms with Crippen LogP contribution in [0.4, 0.5) is 0 Å². The number of rotatable bonds is 5. The second kappa shape index (κ2) is 5.25. The summed E-state index contributed by atoms with van der Waals surface area (Å²) in [7, 11) is -3.71. The maximum Gasteiger partial charge on any atom is 0.258 e. The number of hydrogen-bond donors (Lipinski definition) is 3. The predicted octanol–water partition coefficient (Wildman–Crippen LogP) is -0.225. The van der Waals surface area contributed by atoms with Crippen molar-refractivity contribution in [3.63, 3.8) is 0 Å². The molecular weight excluding hydrogens is 256 g/mol. The van der Waals surface area contributed by atoms with Gasteiger partial charge < -0.3 is 5.11 Å². The van der Waals surface area contributed by atoms with E-state index >= 15 is 0 Å². The van der Waals surface area contributed by atoms with Gasteiger partial charge in [0.25, 0.3) is 10.0 Å². The molecule has 0 saturated heterocycles. The first-order chi connectivity index (χ1) is 8.63. The maximum absolute atomic E-state index is 11.9. The number of sulfonamides is 1. The molecule has 0 aliphatic rings. The van der Waals surface area contributed by atoms with Crippen LogP contribution in [0.5, 0.6) is 0 Å². The molecule has 0 saturated carbocycles. The SMILES string of the molecule is O=S(=O)(NCc1ccncc1)c1[nH]ncc1CO. The highest BCUT2D eigenvalue weighted by Crippen LogP contribution is 2.11. The number of aromatic nitrogens is 3. The summed E-state index contributed by atoms with van der Waals surface area (Å²) in [5.41, 5.74) is 1.02. The number of aliphatic hydroxyl groups excluding tert-OH is 1. The van der Waals surface area contributed by atoms with Gasteiger partial charge in [-0.3, -0.25) is 10.1 Å². The molecule has 0 bridgehead atoms. The quantitative estimate of drug-likeness (QED) is 0.694. The van der Waals surface area contributed by atoms with E-state index in [1.54, 1.807) is 24.5 Å². The third kappa shape index (κ3) is 2.73. The maximum atomic E-state index is 11.9. The van der Waals surface area contributed by atoms with Crippen molar-refractivity contribution in [1.82, 2.24) is 19.9 Å². The molecule has 0 spiro atoms. The second-order valence-electron chi connectivity index (χ2n) is 3.56. The highest BCUT2D eigenvalue weighted by Gasteiger charge is 2.19. The molecule has 2 aromatic rings. The number of aliphatic hydroxyl groups is 1. The summed E-state index contributed by atoms with van der Waals surface area (Å²) in [5, 5.41) is 14.8. The lowest BCUT2D eigenvalue weighted by atomic mass is 10.3. The molecule has 18 heavy (non-hydrogen) atoms. The first kappa shape index (κ1) is 12.7. The summed E-state index contributed by atoms with van der Waals surface area (Å²) in [6, 6.07) is 3.42. The average molecular weight is 268 g/mol. The Morgan fingerprint density at radius 3 is 2.72 bits per heavy atom. The Morgan fingerprint density at radius 1 is 1.33 bits per heavy atom. The van der Waals surface area contributed by atoms with Gasteiger partial charge in [0, 0.05) is 24.5 Å². The molecular formula is C10H12N4O3S. The van der Waals surface area contributed by atoms with Gasteiger partial charge in [0.1, 0.15) is 0 Å². The van der Waals surface area contributed by atoms with Gasteiger partial charge in [-0.15, -0.1) is 0 Å². The van der Waals surface area contributed by atoms with E-state index in [2.05, 4.69) is 19.9 Å². The van der Waals surface area contributed by atoms with Gasteiger partial charge in [-0.05, 0) is 17.7 Å². The number of aromatic amines is 1. The molecule has 8 heteroatoms. The Bertz CT molecular complexity index is 609. The lowest BCUT2D eigenvalue weighted by Crippen LogP contribution is -2.24. The number of pyridine rings is 1. The van der Waals surface area contributed by atoms with E-state index in [9.17, 15) is 8.42 Å². The second-order valence-corrected chi connectivity index (χ2v) is 5.27. The van der Waals surface area contributed by atoms with E-state index in [4.69, 9.17) is 5.11 Å². The van der Waals surface area contributed by atoms with Gasteiger partial charge in [0.05, 0.1) is 12.8 Å². The van der Waals surface area contributed by atoms with E-state index < -0.39 is 10.0 Å². The molecule has 0 radical (unpaired) electrons. The van der Waals surface area contributed by atoms with Crippen molar-refractivity contribution < 1.29 is 13.5 Å². The van der Waals surface area contributed by atoms with Crippen LogP contribution in [0.1, 0.15) is 11.1 Å². The predicted molar refractivity (Wildman–Crippen MR) is 62.8 cm³/mol. The number of hydrogen-bond acceptors (Lipinski definition) is 5. The van der Waals surface area contributed by atoms with E-state index in [1.165, 1.54) is 6.20 Å². The average Bonchev–Trinajstić information content (AvgIpc) is 2.87. The molecule has 96 valence electrons. The summed E-state index contributed by atoms with van der Waals surface area (Å²) < 4.78 is 26.3. The van der Waals surface area contributed by atoms with Crippen molar-refractivity contribution in [1.29, 1.82) is 0 Å². The van der Waals surface area contributed by atoms with Crippen LogP contribution in [0.15, 0.2) is 35.7 Å². The van der Waals surface area contributed by atoms with Crippen molar-refractivity contribution in [2.24, 2.45) is 0 Å². The minimum atomic E-state index is -3.71. The fourth-order valence-electron chi connectivity index (χ4n) is 1.40. The van der Waals surface area contributed by atoms with Gasteiger partial charge in [-0.2, -0.15) is 5.10 Å². The molecule has 2 aromatic heterocycles. The zero-order valence-electron chi connectivity index (χ0n) is 9.37. The molecule has 0 atom stereocenters. The molecule has 0 fully saturated rings. The minimum absolute atomic E-state index is 0.112. The lowest BCUT2D eigenvalue weighted by molar-refractivity contribution is 0.278. The third-order valence-corrected chi connectivity index (χ3v) is 3.75. The van der Waals surface area contributed by atoms with Gasteiger partial charge in [0.2, 0.25) is 0 Å². The Morgan fingerprint density at radius 2 is 2.06 bits per heavy atom. The van der Waals surface area contributed by atoms with Crippen LogP contribution in [0.3, 0.4) is 0 Å². The van der Waals surface area contributed by atoms with E-state index in [1.807, 2.05) is 0 Å². The van der Waals surface area contributed by atoms with Gasteiger partial charge in [-0.1, -0.05) is 0 Å². The summed E-state index contributed by atoms with van der Waals surface area (Å²) in [6.45, 7) is -0.239. The van der Waals surface area contributed by atoms with E-state index in [0.29, 0.717) is 0 Å². The first-order valence-corrected chi connectivity index (χ1v) is 6.63. The van der Waals surface area contributed by atoms with Gasteiger partial charge in [-0.25, -0.2) is 13.1 Å². The molecule has 0 unspecified atom stereocenters. The summed E-state index contributed by atoms with van der Waals surface area (Å²) in [5.74, 6) is 0. The first-order valence-electron chi connectivity index (χ1n) is 5.15. The monoisotopic (exact) mass is 268 g/mol. The van der Waals surface area contributed by atoms with Crippen molar-refractivity contribution in [2.45, 2.75) is 18.2 Å². The molecule has 0 aromatic carbocycles. The number of H-pyrrole nitrogens is 1. The molecule has 0 aliphatic carbocycles. The normalized spacial score (nSPS) is 11.6. The summed E-state index contributed by atoms with van der Waals surface area (Å²) in [4.78, 5) is 3.84. The molecule has 0 amide bonds. The highest BCUT2D eigenvalue weighted by molar-refractivity contribution is 7.89. The smallest absolute Gasteiger partial charge is 0.258 e. The molecule has 0 aliphatic heterocycles. The Labute approximate surface area is 104 Å². The van der Waals surface area contributed by atoms with Crippen LogP contribution in [0.2, 0.25) is 0 Å². The standard InChI is InChI=1S/C10H12N4O3S/c15-7-9-6-12-14-10(9)18(16,17)13-5-8-1-3-11-4-2-8/h1-4,6,13,15H,5,7H2,(H,12,14). The van der Waals surface area contributed by atoms with Crippen LogP contribution in [-0.2, 0) is 23.2 Å². The molecule has 7 nitrogen and oxygen atoms in total. The Hall–Kier alpha value is -1.77. The van der Waals surface area contributed by atoms with Crippen LogP contribution >= 0.6 is 0 Å². The lowest BCUT2D eigenvalue weighted by Gasteiger charge is -2.06. The van der Waals surface area contributed by atoms with Crippen LogP contribution < -0.4 is 4.72 Å². The number of nitrogens with zero attached hydrogens (tertiary/aromatic N) is 2. The summed E-state index contributed by atoms with van der Waals surface area (Å²) in [6.07, 6.45) is 4.44. The van der Waals surface area contributed by atoms with Gasteiger partial charge >= 0.3 is 0 Å². The van der Waals surface area contributed by atoms with Crippen LogP contribution in [0, 0.1) is 0 Å². The fraction of sp³-hybridized carbons (Fsp3) is 0.200. The largest absolute Gasteiger partial charge is 0.392 e. The van der Waals surface area contributed by atoms with Crippen LogP contribution in [0.25, 0.3) is 0 Å². The van der Waals surface area contributed by atoms with E-state index in [-0.39, 0.29) is 23.7 Å². The van der Waals surface area contributed by atoms with Crippen molar-refractivity contribution in [2.75, 3.05) is 0 Å². The van der Waals surface area contributed by atoms with Crippen molar-refractivity contribution in [3.8, 4) is 0 Å². The topological polar surface area (TPSA) is 108 Å². The number of nitrogens with one attached hydrogen (secondary N) is 2. The van der Waals surface area contributed by atoms with Crippen LogP contribution in [-0.4, -0.2) is 28.7 Å². The molecule has 3 N–H and O–H groups in total. The molecule has 2 rings (SSSR count).